The number of nitrogens with zero attached hydrogens (tertiary/aromatic N) is 4. The summed E-state index contributed by atoms with van der Waals surface area (Å²) >= 11 is 0. The van der Waals surface area contributed by atoms with E-state index < -0.39 is 16.9 Å². The summed E-state index contributed by atoms with van der Waals surface area (Å²) in [6.07, 6.45) is -1.57. The van der Waals surface area contributed by atoms with Gasteiger partial charge < -0.3 is 24.9 Å². The third-order valence-corrected chi connectivity index (χ3v) is 5.36. The lowest BCUT2D eigenvalue weighted by Crippen LogP contribution is -2.49. The molecule has 1 fully saturated rings. The average molecular weight is 441 g/mol. The van der Waals surface area contributed by atoms with Crippen LogP contribution in [-0.2, 0) is 6.54 Å². The number of piperidine rings is 1. The number of hydrogen-bond donors (Lipinski definition) is 1. The standard InChI is InChI=1S/C19H22F3N5O4/c1-18(12-26-10-16(27(28)29)24-17(26)31-18)11-25-8-6-14(7-9-25)23-13-2-4-15(5-3-13)30-19(20,21)22/h2-5,10,14,23H,6-9,11-12H2,1H3/t18-/m0/s1. The van der Waals surface area contributed by atoms with Crippen molar-refractivity contribution in [3.05, 3.63) is 40.6 Å². The molecule has 0 unspecified atom stereocenters. The van der Waals surface area contributed by atoms with Crippen LogP contribution in [0.2, 0.25) is 0 Å². The van der Waals surface area contributed by atoms with Gasteiger partial charge in [0.05, 0.1) is 6.54 Å². The third kappa shape index (κ3) is 5.19. The summed E-state index contributed by atoms with van der Waals surface area (Å²) in [7, 11) is 0. The fourth-order valence-corrected chi connectivity index (χ4v) is 4.06. The Bertz CT molecular complexity index is 916. The molecule has 0 bridgehead atoms. The molecular weight excluding hydrogens is 419 g/mol. The fourth-order valence-electron chi connectivity index (χ4n) is 4.06. The molecule has 1 aromatic carbocycles. The molecule has 3 heterocycles. The van der Waals surface area contributed by atoms with Crippen molar-refractivity contribution in [2.24, 2.45) is 0 Å². The minimum atomic E-state index is -4.70. The van der Waals surface area contributed by atoms with Crippen molar-refractivity contribution in [3.8, 4) is 11.8 Å². The number of ether oxygens (including phenoxy) is 2. The number of hydrogen-bond acceptors (Lipinski definition) is 7. The molecule has 0 aliphatic carbocycles. The van der Waals surface area contributed by atoms with Crippen molar-refractivity contribution < 1.29 is 27.6 Å². The van der Waals surface area contributed by atoms with Gasteiger partial charge in [0, 0.05) is 36.3 Å². The molecule has 0 spiro atoms. The molecule has 12 heteroatoms. The molecule has 168 valence electrons. The molecule has 2 aromatic rings. The summed E-state index contributed by atoms with van der Waals surface area (Å²) < 4.78 is 48.2. The molecule has 1 aromatic heterocycles. The number of imidazole rings is 1. The van der Waals surface area contributed by atoms with Crippen LogP contribution in [0.1, 0.15) is 19.8 Å². The van der Waals surface area contributed by atoms with Crippen LogP contribution in [0, 0.1) is 10.1 Å². The smallest absolute Gasteiger partial charge is 0.436 e. The van der Waals surface area contributed by atoms with Gasteiger partial charge in [0.15, 0.2) is 0 Å². The fraction of sp³-hybridized carbons (Fsp3) is 0.526. The second kappa shape index (κ2) is 7.91. The van der Waals surface area contributed by atoms with Crippen molar-refractivity contribution in [2.75, 3.05) is 25.0 Å². The minimum absolute atomic E-state index is 0.209. The van der Waals surface area contributed by atoms with Gasteiger partial charge in [0.25, 0.3) is 0 Å². The molecule has 1 N–H and O–H groups in total. The topological polar surface area (TPSA) is 94.7 Å². The molecule has 1 atom stereocenters. The summed E-state index contributed by atoms with van der Waals surface area (Å²) in [5, 5.41) is 14.2. The molecular formula is C19H22F3N5O4. The van der Waals surface area contributed by atoms with Crippen LogP contribution in [0.5, 0.6) is 11.8 Å². The van der Waals surface area contributed by atoms with Crippen LogP contribution in [-0.4, -0.2) is 57.0 Å². The molecule has 4 rings (SSSR count). The first-order valence-corrected chi connectivity index (χ1v) is 9.84. The third-order valence-electron chi connectivity index (χ3n) is 5.36. The zero-order valence-electron chi connectivity index (χ0n) is 16.8. The Kier molecular flexibility index (Phi) is 5.42. The van der Waals surface area contributed by atoms with E-state index in [1.807, 2.05) is 6.92 Å². The minimum Gasteiger partial charge on any atom is -0.436 e. The van der Waals surface area contributed by atoms with E-state index in [4.69, 9.17) is 4.74 Å². The molecule has 0 amide bonds. The maximum atomic E-state index is 12.2. The largest absolute Gasteiger partial charge is 0.573 e. The summed E-state index contributed by atoms with van der Waals surface area (Å²) in [4.78, 5) is 16.5. The Morgan fingerprint density at radius 1 is 1.32 bits per heavy atom. The maximum absolute atomic E-state index is 12.2. The van der Waals surface area contributed by atoms with Gasteiger partial charge in [-0.15, -0.1) is 13.2 Å². The van der Waals surface area contributed by atoms with Crippen LogP contribution in [0.15, 0.2) is 30.5 Å². The quantitative estimate of drug-likeness (QED) is 0.542. The number of fused-ring (bicyclic) bond motifs is 1. The van der Waals surface area contributed by atoms with E-state index in [1.165, 1.54) is 18.3 Å². The van der Waals surface area contributed by atoms with Gasteiger partial charge in [-0.1, -0.05) is 0 Å². The first-order valence-electron chi connectivity index (χ1n) is 9.84. The Labute approximate surface area is 175 Å². The highest BCUT2D eigenvalue weighted by Gasteiger charge is 2.41. The van der Waals surface area contributed by atoms with Crippen molar-refractivity contribution in [2.45, 2.75) is 44.3 Å². The van der Waals surface area contributed by atoms with Crippen LogP contribution < -0.4 is 14.8 Å². The predicted octanol–water partition coefficient (Wildman–Crippen LogP) is 3.42. The molecule has 9 nitrogen and oxygen atoms in total. The highest BCUT2D eigenvalue weighted by Crippen LogP contribution is 2.32. The number of benzene rings is 1. The number of rotatable bonds is 6. The van der Waals surface area contributed by atoms with Crippen molar-refractivity contribution in [1.29, 1.82) is 0 Å². The van der Waals surface area contributed by atoms with Crippen LogP contribution >= 0.6 is 0 Å². The van der Waals surface area contributed by atoms with E-state index in [1.54, 1.807) is 16.7 Å². The Morgan fingerprint density at radius 2 is 2.00 bits per heavy atom. The molecule has 1 saturated heterocycles. The van der Waals surface area contributed by atoms with E-state index in [0.717, 1.165) is 31.6 Å². The van der Waals surface area contributed by atoms with Gasteiger partial charge in [0.2, 0.25) is 0 Å². The lowest BCUT2D eigenvalue weighted by molar-refractivity contribution is -0.389. The van der Waals surface area contributed by atoms with Crippen molar-refractivity contribution >= 4 is 11.5 Å². The van der Waals surface area contributed by atoms with Gasteiger partial charge in [-0.3, -0.25) is 9.47 Å². The van der Waals surface area contributed by atoms with E-state index >= 15 is 0 Å². The predicted molar refractivity (Wildman–Crippen MR) is 104 cm³/mol. The zero-order valence-corrected chi connectivity index (χ0v) is 16.8. The average Bonchev–Trinajstić information content (AvgIpc) is 3.19. The zero-order chi connectivity index (χ0) is 22.2. The van der Waals surface area contributed by atoms with Crippen molar-refractivity contribution in [1.82, 2.24) is 14.5 Å². The van der Waals surface area contributed by atoms with Crippen LogP contribution in [0.4, 0.5) is 24.7 Å². The highest BCUT2D eigenvalue weighted by molar-refractivity contribution is 5.47. The SMILES string of the molecule is C[C@]1(CN2CCC(Nc3ccc(OC(F)(F)F)cc3)CC2)Cn2cc([N+](=O)[O-])nc2O1. The first kappa shape index (κ1) is 21.2. The second-order valence-corrected chi connectivity index (χ2v) is 8.09. The number of halogens is 3. The van der Waals surface area contributed by atoms with Crippen LogP contribution in [0.3, 0.4) is 0 Å². The van der Waals surface area contributed by atoms with Crippen LogP contribution in [0.25, 0.3) is 0 Å². The Balaban J connectivity index is 1.24. The number of nitro groups is 1. The van der Waals surface area contributed by atoms with Gasteiger partial charge in [0.1, 0.15) is 17.5 Å². The Morgan fingerprint density at radius 3 is 2.58 bits per heavy atom. The number of nitrogens with one attached hydrogen (secondary N) is 1. The first-order chi connectivity index (χ1) is 14.6. The van der Waals surface area contributed by atoms with E-state index in [-0.39, 0.29) is 23.6 Å². The number of alkyl halides is 3. The lowest BCUT2D eigenvalue weighted by atomic mass is 10.0. The molecule has 0 saturated carbocycles. The summed E-state index contributed by atoms with van der Waals surface area (Å²) in [6.45, 7) is 4.78. The second-order valence-electron chi connectivity index (χ2n) is 8.09. The van der Waals surface area contributed by atoms with Gasteiger partial charge in [-0.05, 0) is 49.0 Å². The number of aromatic nitrogens is 2. The summed E-state index contributed by atoms with van der Waals surface area (Å²) in [5.41, 5.74) is 0.234. The molecule has 31 heavy (non-hydrogen) atoms. The molecule has 2 aliphatic rings. The number of anilines is 1. The summed E-state index contributed by atoms with van der Waals surface area (Å²) in [5.74, 6) is -0.468. The number of likely N-dealkylation sites (tertiary alicyclic amines) is 1. The van der Waals surface area contributed by atoms with Gasteiger partial charge in [-0.25, -0.2) is 0 Å². The maximum Gasteiger partial charge on any atom is 0.573 e. The molecule has 0 radical (unpaired) electrons. The van der Waals surface area contributed by atoms with E-state index in [9.17, 15) is 23.3 Å². The van der Waals surface area contributed by atoms with Crippen molar-refractivity contribution in [3.63, 3.8) is 0 Å². The summed E-state index contributed by atoms with van der Waals surface area (Å²) in [6, 6.07) is 6.20. The van der Waals surface area contributed by atoms with E-state index in [0.29, 0.717) is 13.1 Å². The normalized spacial score (nSPS) is 22.1. The Hall–Kier alpha value is -3.02. The van der Waals surface area contributed by atoms with E-state index in [2.05, 4.69) is 19.9 Å². The monoisotopic (exact) mass is 441 g/mol. The highest BCUT2D eigenvalue weighted by atomic mass is 19.4. The van der Waals surface area contributed by atoms with Gasteiger partial charge in [-0.2, -0.15) is 0 Å². The van der Waals surface area contributed by atoms with Gasteiger partial charge >= 0.3 is 18.2 Å². The lowest BCUT2D eigenvalue weighted by Gasteiger charge is -2.36. The molecule has 2 aliphatic heterocycles.